The standard InChI is InChI=1S/C25H32N2O6/c28-13-5-1-4-12-26-24(31)19-15-32-25(27-19)23-18(20-9-10-21(23)33-20)14-17-7-3-2-6-16(17)8-11-22(29)30/h2-3,6-7,15,18,20-21,23,28H,1,4-5,8-14H2,(H,26,31)(H,29,30)/t18-,20-,21+,23-/m0/s1. The number of carboxylic acids is 1. The molecular formula is C25H32N2O6. The Morgan fingerprint density at radius 2 is 1.88 bits per heavy atom. The van der Waals surface area contributed by atoms with Crippen molar-refractivity contribution in [1.29, 1.82) is 0 Å². The number of benzene rings is 1. The maximum atomic E-state index is 12.4. The molecule has 0 saturated carbocycles. The first kappa shape index (κ1) is 23.4. The molecule has 2 fully saturated rings. The molecule has 3 N–H and O–H groups in total. The van der Waals surface area contributed by atoms with Crippen LogP contribution in [0.15, 0.2) is 34.9 Å². The Hall–Kier alpha value is -2.71. The number of oxazole rings is 1. The van der Waals surface area contributed by atoms with Gasteiger partial charge >= 0.3 is 5.97 Å². The first-order valence-electron chi connectivity index (χ1n) is 11.9. The Morgan fingerprint density at radius 3 is 2.67 bits per heavy atom. The molecule has 0 unspecified atom stereocenters. The van der Waals surface area contributed by atoms with Crippen LogP contribution in [0.4, 0.5) is 0 Å². The van der Waals surface area contributed by atoms with Gasteiger partial charge in [-0.05, 0) is 56.1 Å². The van der Waals surface area contributed by atoms with Crippen molar-refractivity contribution < 1.29 is 29.0 Å². The van der Waals surface area contributed by atoms with Gasteiger partial charge in [0.25, 0.3) is 5.91 Å². The largest absolute Gasteiger partial charge is 0.481 e. The van der Waals surface area contributed by atoms with Crippen molar-refractivity contribution in [3.63, 3.8) is 0 Å². The smallest absolute Gasteiger partial charge is 0.303 e. The van der Waals surface area contributed by atoms with E-state index in [2.05, 4.69) is 16.4 Å². The van der Waals surface area contributed by atoms with E-state index in [4.69, 9.17) is 19.4 Å². The number of nitrogens with one attached hydrogen (secondary N) is 1. The third kappa shape index (κ3) is 5.62. The highest BCUT2D eigenvalue weighted by molar-refractivity contribution is 5.91. The Balaban J connectivity index is 1.44. The van der Waals surface area contributed by atoms with Crippen molar-refractivity contribution in [2.24, 2.45) is 5.92 Å². The Morgan fingerprint density at radius 1 is 1.09 bits per heavy atom. The van der Waals surface area contributed by atoms with E-state index in [1.807, 2.05) is 18.2 Å². The van der Waals surface area contributed by atoms with Crippen molar-refractivity contribution in [2.45, 2.75) is 69.5 Å². The van der Waals surface area contributed by atoms with Gasteiger partial charge in [0.15, 0.2) is 5.69 Å². The van der Waals surface area contributed by atoms with E-state index in [0.717, 1.165) is 49.7 Å². The van der Waals surface area contributed by atoms with Crippen molar-refractivity contribution in [1.82, 2.24) is 10.3 Å². The zero-order valence-electron chi connectivity index (χ0n) is 18.7. The number of amides is 1. The van der Waals surface area contributed by atoms with Crippen LogP contribution in [-0.2, 0) is 22.4 Å². The first-order valence-corrected chi connectivity index (χ1v) is 11.9. The topological polar surface area (TPSA) is 122 Å². The predicted octanol–water partition coefficient (Wildman–Crippen LogP) is 3.09. The Bertz CT molecular complexity index is 958. The molecule has 0 radical (unpaired) electrons. The highest BCUT2D eigenvalue weighted by Gasteiger charge is 2.51. The summed E-state index contributed by atoms with van der Waals surface area (Å²) in [5.74, 6) is -0.371. The number of hydrogen-bond acceptors (Lipinski definition) is 6. The number of carbonyl (C=O) groups is 2. The molecule has 2 aliphatic rings. The van der Waals surface area contributed by atoms with E-state index in [0.29, 0.717) is 18.9 Å². The lowest BCUT2D eigenvalue weighted by atomic mass is 9.75. The highest BCUT2D eigenvalue weighted by Crippen LogP contribution is 2.49. The number of hydrogen-bond donors (Lipinski definition) is 3. The fraction of sp³-hybridized carbons (Fsp3) is 0.560. The van der Waals surface area contributed by atoms with Crippen LogP contribution in [0.2, 0.25) is 0 Å². The summed E-state index contributed by atoms with van der Waals surface area (Å²) in [4.78, 5) is 28.0. The molecule has 1 aromatic carbocycles. The van der Waals surface area contributed by atoms with Gasteiger partial charge in [-0.25, -0.2) is 4.98 Å². The molecule has 8 heteroatoms. The third-order valence-corrected chi connectivity index (χ3v) is 6.77. The number of aromatic nitrogens is 1. The highest BCUT2D eigenvalue weighted by atomic mass is 16.5. The molecule has 3 heterocycles. The number of aliphatic carboxylic acids is 1. The van der Waals surface area contributed by atoms with Crippen molar-refractivity contribution in [3.05, 3.63) is 53.2 Å². The predicted molar refractivity (Wildman–Crippen MR) is 120 cm³/mol. The molecule has 8 nitrogen and oxygen atoms in total. The summed E-state index contributed by atoms with van der Waals surface area (Å²) < 4.78 is 12.0. The van der Waals surface area contributed by atoms with E-state index < -0.39 is 5.97 Å². The number of unbranched alkanes of at least 4 members (excludes halogenated alkanes) is 2. The molecule has 4 rings (SSSR count). The molecule has 2 saturated heterocycles. The monoisotopic (exact) mass is 456 g/mol. The first-order chi connectivity index (χ1) is 16.1. The normalized spacial score (nSPS) is 23.7. The van der Waals surface area contributed by atoms with E-state index in [1.54, 1.807) is 0 Å². The van der Waals surface area contributed by atoms with Gasteiger partial charge in [0.2, 0.25) is 5.89 Å². The fourth-order valence-electron chi connectivity index (χ4n) is 5.12. The lowest BCUT2D eigenvalue weighted by Gasteiger charge is -2.26. The summed E-state index contributed by atoms with van der Waals surface area (Å²) in [7, 11) is 0. The third-order valence-electron chi connectivity index (χ3n) is 6.77. The molecule has 4 atom stereocenters. The van der Waals surface area contributed by atoms with Crippen LogP contribution < -0.4 is 5.32 Å². The Kier molecular flexibility index (Phi) is 7.77. The van der Waals surface area contributed by atoms with E-state index in [9.17, 15) is 9.59 Å². The van der Waals surface area contributed by atoms with Gasteiger partial charge in [0.1, 0.15) is 6.26 Å². The molecule has 178 valence electrons. The second-order valence-electron chi connectivity index (χ2n) is 8.96. The molecule has 1 amide bonds. The minimum Gasteiger partial charge on any atom is -0.481 e. The van der Waals surface area contributed by atoms with Crippen molar-refractivity contribution in [3.8, 4) is 0 Å². The van der Waals surface area contributed by atoms with Gasteiger partial charge in [-0.2, -0.15) is 0 Å². The zero-order chi connectivity index (χ0) is 23.2. The second kappa shape index (κ2) is 10.9. The van der Waals surface area contributed by atoms with Crippen LogP contribution in [-0.4, -0.2) is 52.4 Å². The van der Waals surface area contributed by atoms with Crippen LogP contribution >= 0.6 is 0 Å². The molecular weight excluding hydrogens is 424 g/mol. The summed E-state index contributed by atoms with van der Waals surface area (Å²) in [6, 6.07) is 7.98. The van der Waals surface area contributed by atoms with Gasteiger partial charge in [-0.1, -0.05) is 24.3 Å². The number of rotatable bonds is 12. The number of aliphatic hydroxyl groups is 1. The number of ether oxygens (including phenoxy) is 1. The maximum Gasteiger partial charge on any atom is 0.303 e. The molecule has 0 aliphatic carbocycles. The summed E-state index contributed by atoms with van der Waals surface area (Å²) in [5.41, 5.74) is 2.46. The van der Waals surface area contributed by atoms with Gasteiger partial charge in [0.05, 0.1) is 18.1 Å². The van der Waals surface area contributed by atoms with E-state index >= 15 is 0 Å². The summed E-state index contributed by atoms with van der Waals surface area (Å²) >= 11 is 0. The lowest BCUT2D eigenvalue weighted by molar-refractivity contribution is -0.136. The molecule has 2 aromatic rings. The minimum atomic E-state index is -0.801. The van der Waals surface area contributed by atoms with Gasteiger partial charge in [0, 0.05) is 25.5 Å². The SMILES string of the molecule is O=C(O)CCc1ccccc1C[C@@H]1[C@H](c2nc(C(=O)NCCCCCO)co2)[C@H]2CC[C@@H]1O2. The maximum absolute atomic E-state index is 12.4. The number of carboxylic acid groups (broad SMARTS) is 1. The van der Waals surface area contributed by atoms with Crippen LogP contribution in [0.3, 0.4) is 0 Å². The van der Waals surface area contributed by atoms with Crippen molar-refractivity contribution >= 4 is 11.9 Å². The average Bonchev–Trinajstić information content (AvgIpc) is 3.55. The van der Waals surface area contributed by atoms with E-state index in [1.165, 1.54) is 6.26 Å². The van der Waals surface area contributed by atoms with Gasteiger partial charge in [-0.15, -0.1) is 0 Å². The summed E-state index contributed by atoms with van der Waals surface area (Å²) in [6.07, 6.45) is 7.26. The number of fused-ring (bicyclic) bond motifs is 2. The molecule has 1 aromatic heterocycles. The summed E-state index contributed by atoms with van der Waals surface area (Å²) in [5, 5.41) is 20.8. The minimum absolute atomic E-state index is 0.0256. The number of aryl methyl sites for hydroxylation is 1. The quantitative estimate of drug-likeness (QED) is 0.420. The number of carbonyl (C=O) groups excluding carboxylic acids is 1. The van der Waals surface area contributed by atoms with Gasteiger partial charge < -0.3 is 24.7 Å². The average molecular weight is 457 g/mol. The molecule has 2 aliphatic heterocycles. The van der Waals surface area contributed by atoms with Crippen molar-refractivity contribution in [2.75, 3.05) is 13.2 Å². The summed E-state index contributed by atoms with van der Waals surface area (Å²) in [6.45, 7) is 0.700. The van der Waals surface area contributed by atoms with E-state index in [-0.39, 0.29) is 48.7 Å². The van der Waals surface area contributed by atoms with Gasteiger partial charge in [-0.3, -0.25) is 9.59 Å². The fourth-order valence-corrected chi connectivity index (χ4v) is 5.12. The van der Waals surface area contributed by atoms with Crippen LogP contribution in [0.1, 0.15) is 71.9 Å². The molecule has 33 heavy (non-hydrogen) atoms. The zero-order valence-corrected chi connectivity index (χ0v) is 18.7. The number of aliphatic hydroxyl groups excluding tert-OH is 1. The van der Waals surface area contributed by atoms with Crippen LogP contribution in [0, 0.1) is 5.92 Å². The molecule has 2 bridgehead atoms. The van der Waals surface area contributed by atoms with Crippen LogP contribution in [0.5, 0.6) is 0 Å². The molecule has 0 spiro atoms. The number of nitrogens with zero attached hydrogens (tertiary/aromatic N) is 1. The second-order valence-corrected chi connectivity index (χ2v) is 8.96. The van der Waals surface area contributed by atoms with Crippen LogP contribution in [0.25, 0.3) is 0 Å². The Labute approximate surface area is 193 Å². The lowest BCUT2D eigenvalue weighted by Crippen LogP contribution is -2.28.